The second kappa shape index (κ2) is 6.61. The zero-order valence-electron chi connectivity index (χ0n) is 13.0. The molecule has 3 nitrogen and oxygen atoms in total. The molecule has 1 saturated heterocycles. The van der Waals surface area contributed by atoms with Crippen molar-refractivity contribution in [3.63, 3.8) is 0 Å². The van der Waals surface area contributed by atoms with Crippen LogP contribution in [-0.2, 0) is 17.8 Å². The molecule has 21 heavy (non-hydrogen) atoms. The van der Waals surface area contributed by atoms with Gasteiger partial charge in [-0.05, 0) is 55.8 Å². The van der Waals surface area contributed by atoms with Crippen molar-refractivity contribution in [1.29, 1.82) is 0 Å². The first kappa shape index (κ1) is 14.6. The first-order chi connectivity index (χ1) is 10.3. The molecule has 2 fully saturated rings. The van der Waals surface area contributed by atoms with Crippen LogP contribution in [0.3, 0.4) is 0 Å². The summed E-state index contributed by atoms with van der Waals surface area (Å²) >= 11 is 0. The Hall–Kier alpha value is -1.35. The standard InChI is InChI=1S/C18H26N2O/c1-2-14-3-5-15(6-4-14)13-20(17-7-8-17)18(21)11-16-9-10-19-12-16/h3-6,16-17,19H,2,7-13H2,1H3. The van der Waals surface area contributed by atoms with Gasteiger partial charge < -0.3 is 10.2 Å². The van der Waals surface area contributed by atoms with Gasteiger partial charge in [0.1, 0.15) is 0 Å². The van der Waals surface area contributed by atoms with Crippen molar-refractivity contribution in [3.8, 4) is 0 Å². The zero-order chi connectivity index (χ0) is 14.7. The third-order valence-electron chi connectivity index (χ3n) is 4.72. The molecule has 1 aromatic carbocycles. The van der Waals surface area contributed by atoms with Crippen LogP contribution >= 0.6 is 0 Å². The number of hydrogen-bond donors (Lipinski definition) is 1. The molecule has 1 aliphatic carbocycles. The van der Waals surface area contributed by atoms with E-state index in [4.69, 9.17) is 0 Å². The molecule has 0 aromatic heterocycles. The molecule has 2 aliphatic rings. The highest BCUT2D eigenvalue weighted by Crippen LogP contribution is 2.30. The number of carbonyl (C=O) groups is 1. The third-order valence-corrected chi connectivity index (χ3v) is 4.72. The van der Waals surface area contributed by atoms with Gasteiger partial charge in [0.25, 0.3) is 0 Å². The summed E-state index contributed by atoms with van der Waals surface area (Å²) < 4.78 is 0. The van der Waals surface area contributed by atoms with Crippen LogP contribution in [0.2, 0.25) is 0 Å². The molecular weight excluding hydrogens is 260 g/mol. The molecule has 3 heteroatoms. The Labute approximate surface area is 127 Å². The van der Waals surface area contributed by atoms with Crippen molar-refractivity contribution in [3.05, 3.63) is 35.4 Å². The van der Waals surface area contributed by atoms with Crippen molar-refractivity contribution in [1.82, 2.24) is 10.2 Å². The fraction of sp³-hybridized carbons (Fsp3) is 0.611. The monoisotopic (exact) mass is 286 g/mol. The van der Waals surface area contributed by atoms with Crippen LogP contribution in [0.15, 0.2) is 24.3 Å². The molecule has 1 atom stereocenters. The van der Waals surface area contributed by atoms with Gasteiger partial charge in [0, 0.05) is 19.0 Å². The summed E-state index contributed by atoms with van der Waals surface area (Å²) in [7, 11) is 0. The lowest BCUT2D eigenvalue weighted by Gasteiger charge is -2.24. The second-order valence-corrected chi connectivity index (χ2v) is 6.49. The van der Waals surface area contributed by atoms with E-state index in [0.29, 0.717) is 17.9 Å². The maximum atomic E-state index is 12.6. The highest BCUT2D eigenvalue weighted by molar-refractivity contribution is 5.77. The van der Waals surface area contributed by atoms with Gasteiger partial charge in [0.05, 0.1) is 0 Å². The minimum Gasteiger partial charge on any atom is -0.335 e. The van der Waals surface area contributed by atoms with Gasteiger partial charge in [-0.15, -0.1) is 0 Å². The Bertz CT molecular complexity index is 472. The Morgan fingerprint density at radius 1 is 1.19 bits per heavy atom. The van der Waals surface area contributed by atoms with Gasteiger partial charge in [-0.1, -0.05) is 31.2 Å². The molecule has 3 rings (SSSR count). The normalized spacial score (nSPS) is 21.5. The molecule has 0 spiro atoms. The van der Waals surface area contributed by atoms with E-state index in [1.807, 2.05) is 0 Å². The van der Waals surface area contributed by atoms with E-state index in [9.17, 15) is 4.79 Å². The van der Waals surface area contributed by atoms with Crippen LogP contribution in [0.5, 0.6) is 0 Å². The van der Waals surface area contributed by atoms with Crippen LogP contribution < -0.4 is 5.32 Å². The Morgan fingerprint density at radius 3 is 2.48 bits per heavy atom. The van der Waals surface area contributed by atoms with E-state index in [1.165, 1.54) is 24.0 Å². The number of nitrogens with one attached hydrogen (secondary N) is 1. The summed E-state index contributed by atoms with van der Waals surface area (Å²) in [5.41, 5.74) is 2.62. The molecule has 1 aliphatic heterocycles. The topological polar surface area (TPSA) is 32.3 Å². The summed E-state index contributed by atoms with van der Waals surface area (Å²) in [5, 5.41) is 3.35. The SMILES string of the molecule is CCc1ccc(CN(C(=O)CC2CCNC2)C2CC2)cc1. The number of carbonyl (C=O) groups excluding carboxylic acids is 1. The van der Waals surface area contributed by atoms with Gasteiger partial charge in [-0.2, -0.15) is 0 Å². The van der Waals surface area contributed by atoms with Gasteiger partial charge in [-0.3, -0.25) is 4.79 Å². The molecule has 1 aromatic rings. The van der Waals surface area contributed by atoms with Gasteiger partial charge in [-0.25, -0.2) is 0 Å². The van der Waals surface area contributed by atoms with E-state index >= 15 is 0 Å². The highest BCUT2D eigenvalue weighted by Gasteiger charge is 2.33. The first-order valence-corrected chi connectivity index (χ1v) is 8.34. The smallest absolute Gasteiger partial charge is 0.223 e. The van der Waals surface area contributed by atoms with Crippen LogP contribution in [0.25, 0.3) is 0 Å². The Kier molecular flexibility index (Phi) is 4.59. The third kappa shape index (κ3) is 3.85. The van der Waals surface area contributed by atoms with Gasteiger partial charge in [0.15, 0.2) is 0 Å². The Balaban J connectivity index is 1.61. The summed E-state index contributed by atoms with van der Waals surface area (Å²) in [6, 6.07) is 9.23. The molecular formula is C18H26N2O. The van der Waals surface area contributed by atoms with Crippen LogP contribution in [0, 0.1) is 5.92 Å². The van der Waals surface area contributed by atoms with Crippen LogP contribution in [0.4, 0.5) is 0 Å². The van der Waals surface area contributed by atoms with Crippen molar-refractivity contribution >= 4 is 5.91 Å². The lowest BCUT2D eigenvalue weighted by Crippen LogP contribution is -2.34. The van der Waals surface area contributed by atoms with E-state index in [0.717, 1.165) is 38.9 Å². The Morgan fingerprint density at radius 2 is 1.90 bits per heavy atom. The lowest BCUT2D eigenvalue weighted by molar-refractivity contribution is -0.133. The molecule has 1 N–H and O–H groups in total. The summed E-state index contributed by atoms with van der Waals surface area (Å²) in [5.74, 6) is 0.895. The first-order valence-electron chi connectivity index (χ1n) is 8.34. The number of hydrogen-bond acceptors (Lipinski definition) is 2. The summed E-state index contributed by atoms with van der Waals surface area (Å²) in [6.45, 7) is 5.04. The van der Waals surface area contributed by atoms with Crippen molar-refractivity contribution in [2.75, 3.05) is 13.1 Å². The van der Waals surface area contributed by atoms with E-state index in [1.54, 1.807) is 0 Å². The quantitative estimate of drug-likeness (QED) is 0.872. The molecule has 1 heterocycles. The lowest BCUT2D eigenvalue weighted by atomic mass is 10.0. The molecule has 0 bridgehead atoms. The number of aryl methyl sites for hydroxylation is 1. The maximum absolute atomic E-state index is 12.6. The second-order valence-electron chi connectivity index (χ2n) is 6.49. The van der Waals surface area contributed by atoms with Crippen molar-refractivity contribution in [2.24, 2.45) is 5.92 Å². The van der Waals surface area contributed by atoms with E-state index in [-0.39, 0.29) is 0 Å². The van der Waals surface area contributed by atoms with Crippen molar-refractivity contribution < 1.29 is 4.79 Å². The van der Waals surface area contributed by atoms with Crippen LogP contribution in [0.1, 0.15) is 43.7 Å². The molecule has 1 amide bonds. The summed E-state index contributed by atoms with van der Waals surface area (Å²) in [4.78, 5) is 14.7. The number of rotatable bonds is 6. The highest BCUT2D eigenvalue weighted by atomic mass is 16.2. The predicted octanol–water partition coefficient (Wildman–Crippen LogP) is 2.74. The van der Waals surface area contributed by atoms with E-state index in [2.05, 4.69) is 41.4 Å². The minimum absolute atomic E-state index is 0.353. The van der Waals surface area contributed by atoms with Crippen molar-refractivity contribution in [2.45, 2.75) is 51.6 Å². The molecule has 114 valence electrons. The number of amides is 1. The predicted molar refractivity (Wildman–Crippen MR) is 85.0 cm³/mol. The van der Waals surface area contributed by atoms with Gasteiger partial charge in [0.2, 0.25) is 5.91 Å². The molecule has 1 unspecified atom stereocenters. The average molecular weight is 286 g/mol. The van der Waals surface area contributed by atoms with E-state index < -0.39 is 0 Å². The fourth-order valence-corrected chi connectivity index (χ4v) is 3.14. The van der Waals surface area contributed by atoms with Crippen LogP contribution in [-0.4, -0.2) is 29.9 Å². The fourth-order valence-electron chi connectivity index (χ4n) is 3.14. The molecule has 0 radical (unpaired) electrons. The maximum Gasteiger partial charge on any atom is 0.223 e. The molecule has 1 saturated carbocycles. The largest absolute Gasteiger partial charge is 0.335 e. The van der Waals surface area contributed by atoms with Gasteiger partial charge >= 0.3 is 0 Å². The zero-order valence-corrected chi connectivity index (χ0v) is 13.0. The average Bonchev–Trinajstić information content (AvgIpc) is 3.22. The number of nitrogens with zero attached hydrogens (tertiary/aromatic N) is 1. The summed E-state index contributed by atoms with van der Waals surface area (Å²) in [6.07, 6.45) is 5.30. The number of benzene rings is 1. The minimum atomic E-state index is 0.353.